The van der Waals surface area contributed by atoms with Crippen molar-refractivity contribution in [3.8, 4) is 0 Å². The molecule has 1 aliphatic rings. The van der Waals surface area contributed by atoms with Gasteiger partial charge in [0.1, 0.15) is 0 Å². The number of benzene rings is 1. The lowest BCUT2D eigenvalue weighted by molar-refractivity contribution is -0.117. The molecule has 1 saturated carbocycles. The summed E-state index contributed by atoms with van der Waals surface area (Å²) in [7, 11) is 0. The number of carbonyl (C=O) groups excluding carboxylic acids is 1. The molecule has 0 aliphatic heterocycles. The Morgan fingerprint density at radius 1 is 1.35 bits per heavy atom. The van der Waals surface area contributed by atoms with E-state index in [1.807, 2.05) is 24.8 Å². The van der Waals surface area contributed by atoms with Crippen LogP contribution < -0.4 is 11.1 Å². The summed E-state index contributed by atoms with van der Waals surface area (Å²) in [6, 6.07) is 5.77. The lowest BCUT2D eigenvalue weighted by Gasteiger charge is -2.21. The van der Waals surface area contributed by atoms with E-state index in [0.717, 1.165) is 16.5 Å². The lowest BCUT2D eigenvalue weighted by atomic mass is 10.0. The topological polar surface area (TPSA) is 55.1 Å². The Balaban J connectivity index is 1.99. The molecule has 1 aromatic rings. The van der Waals surface area contributed by atoms with Gasteiger partial charge in [-0.3, -0.25) is 4.79 Å². The van der Waals surface area contributed by atoms with Gasteiger partial charge in [0.05, 0.1) is 6.04 Å². The van der Waals surface area contributed by atoms with Gasteiger partial charge in [0.15, 0.2) is 0 Å². The summed E-state index contributed by atoms with van der Waals surface area (Å²) < 4.78 is 0. The molecule has 3 N–H and O–H groups in total. The highest BCUT2D eigenvalue weighted by Crippen LogP contribution is 2.34. The van der Waals surface area contributed by atoms with Crippen LogP contribution in [0.15, 0.2) is 23.1 Å². The third kappa shape index (κ3) is 4.25. The van der Waals surface area contributed by atoms with Crippen molar-refractivity contribution in [2.45, 2.75) is 62.1 Å². The molecule has 1 atom stereocenters. The van der Waals surface area contributed by atoms with Crippen LogP contribution in [0.5, 0.6) is 0 Å². The first-order valence-corrected chi connectivity index (χ1v) is 8.28. The summed E-state index contributed by atoms with van der Waals surface area (Å²) in [4.78, 5) is 12.9. The largest absolute Gasteiger partial charge is 0.325 e. The van der Waals surface area contributed by atoms with Gasteiger partial charge < -0.3 is 11.1 Å². The lowest BCUT2D eigenvalue weighted by Crippen LogP contribution is -2.32. The average molecular weight is 292 g/mol. The smallest absolute Gasteiger partial charge is 0.241 e. The number of rotatable bonds is 4. The van der Waals surface area contributed by atoms with Crippen molar-refractivity contribution in [2.24, 2.45) is 5.73 Å². The maximum absolute atomic E-state index is 11.6. The number of nitrogens with two attached hydrogens (primary N) is 1. The van der Waals surface area contributed by atoms with Crippen LogP contribution in [-0.4, -0.2) is 17.2 Å². The number of anilines is 1. The highest BCUT2D eigenvalue weighted by molar-refractivity contribution is 8.00. The van der Waals surface area contributed by atoms with Crippen LogP contribution in [0, 0.1) is 6.92 Å². The van der Waals surface area contributed by atoms with Crippen molar-refractivity contribution in [1.29, 1.82) is 0 Å². The predicted octanol–water partition coefficient (Wildman–Crippen LogP) is 3.71. The molecule has 0 spiro atoms. The zero-order chi connectivity index (χ0) is 14.5. The monoisotopic (exact) mass is 292 g/mol. The second-order valence-corrected chi connectivity index (χ2v) is 7.01. The highest BCUT2D eigenvalue weighted by atomic mass is 32.2. The quantitative estimate of drug-likeness (QED) is 0.889. The first kappa shape index (κ1) is 15.4. The van der Waals surface area contributed by atoms with Crippen LogP contribution in [0.2, 0.25) is 0 Å². The van der Waals surface area contributed by atoms with Gasteiger partial charge in [-0.1, -0.05) is 19.3 Å². The minimum atomic E-state index is -0.481. The van der Waals surface area contributed by atoms with Crippen molar-refractivity contribution >= 4 is 23.4 Å². The number of hydrogen-bond donors (Lipinski definition) is 2. The molecule has 0 radical (unpaired) electrons. The van der Waals surface area contributed by atoms with Gasteiger partial charge in [0, 0.05) is 15.8 Å². The van der Waals surface area contributed by atoms with E-state index in [1.54, 1.807) is 6.92 Å². The third-order valence-corrected chi connectivity index (χ3v) is 5.06. The summed E-state index contributed by atoms with van der Waals surface area (Å²) in [5.74, 6) is -0.138. The molecular weight excluding hydrogens is 268 g/mol. The van der Waals surface area contributed by atoms with Crippen molar-refractivity contribution in [1.82, 2.24) is 0 Å². The predicted molar refractivity (Wildman–Crippen MR) is 86.2 cm³/mol. The Morgan fingerprint density at radius 2 is 2.05 bits per heavy atom. The van der Waals surface area contributed by atoms with Crippen LogP contribution in [0.1, 0.15) is 44.6 Å². The molecule has 1 fully saturated rings. The van der Waals surface area contributed by atoms with Crippen molar-refractivity contribution in [2.75, 3.05) is 5.32 Å². The Morgan fingerprint density at radius 3 is 2.65 bits per heavy atom. The molecule has 0 bridgehead atoms. The van der Waals surface area contributed by atoms with E-state index in [9.17, 15) is 4.79 Å². The second kappa shape index (κ2) is 7.14. The Bertz CT molecular complexity index is 468. The molecular formula is C16H24N2OS. The molecule has 0 heterocycles. The van der Waals surface area contributed by atoms with Gasteiger partial charge in [-0.15, -0.1) is 11.8 Å². The number of nitrogens with one attached hydrogen (secondary N) is 1. The van der Waals surface area contributed by atoms with Crippen molar-refractivity contribution in [3.05, 3.63) is 23.8 Å². The van der Waals surface area contributed by atoms with E-state index >= 15 is 0 Å². The Labute approximate surface area is 125 Å². The normalized spacial score (nSPS) is 17.8. The number of amides is 1. The summed E-state index contributed by atoms with van der Waals surface area (Å²) in [6.45, 7) is 3.72. The van der Waals surface area contributed by atoms with Crippen LogP contribution >= 0.6 is 11.8 Å². The fourth-order valence-corrected chi connectivity index (χ4v) is 3.82. The maximum atomic E-state index is 11.6. The summed E-state index contributed by atoms with van der Waals surface area (Å²) in [5.41, 5.74) is 7.53. The van der Waals surface area contributed by atoms with E-state index < -0.39 is 6.04 Å². The molecule has 2 rings (SSSR count). The molecule has 110 valence electrons. The molecule has 20 heavy (non-hydrogen) atoms. The number of hydrogen-bond acceptors (Lipinski definition) is 3. The number of carbonyl (C=O) groups is 1. The van der Waals surface area contributed by atoms with E-state index in [4.69, 9.17) is 5.73 Å². The van der Waals surface area contributed by atoms with Crippen molar-refractivity contribution < 1.29 is 4.79 Å². The SMILES string of the molecule is Cc1cc(SC2CCCCC2)ccc1NC(=O)[C@@H](C)N. The average Bonchev–Trinajstić information content (AvgIpc) is 2.42. The van der Waals surface area contributed by atoms with Crippen molar-refractivity contribution in [3.63, 3.8) is 0 Å². The standard InChI is InChI=1S/C16H24N2OS/c1-11-10-14(20-13-6-4-3-5-7-13)8-9-15(11)18-16(19)12(2)17/h8-10,12-13H,3-7,17H2,1-2H3,(H,18,19)/t12-/m1/s1. The second-order valence-electron chi connectivity index (χ2n) is 5.63. The molecule has 1 aliphatic carbocycles. The van der Waals surface area contributed by atoms with Gasteiger partial charge >= 0.3 is 0 Å². The van der Waals surface area contributed by atoms with E-state index in [-0.39, 0.29) is 5.91 Å². The zero-order valence-corrected chi connectivity index (χ0v) is 13.1. The zero-order valence-electron chi connectivity index (χ0n) is 12.3. The van der Waals surface area contributed by atoms with E-state index in [1.165, 1.54) is 37.0 Å². The molecule has 0 unspecified atom stereocenters. The summed E-state index contributed by atoms with van der Waals surface area (Å²) >= 11 is 1.98. The van der Waals surface area contributed by atoms with Crippen LogP contribution in [-0.2, 0) is 4.79 Å². The van der Waals surface area contributed by atoms with Gasteiger partial charge in [0.25, 0.3) is 0 Å². The third-order valence-electron chi connectivity index (χ3n) is 3.72. The molecule has 0 aromatic heterocycles. The Hall–Kier alpha value is -1.00. The molecule has 0 saturated heterocycles. The van der Waals surface area contributed by atoms with Gasteiger partial charge in [-0.25, -0.2) is 0 Å². The number of aryl methyl sites for hydroxylation is 1. The Kier molecular flexibility index (Phi) is 5.49. The first-order valence-electron chi connectivity index (χ1n) is 7.40. The first-order chi connectivity index (χ1) is 9.56. The summed E-state index contributed by atoms with van der Waals surface area (Å²) in [6.07, 6.45) is 6.76. The van der Waals surface area contributed by atoms with Crippen LogP contribution in [0.25, 0.3) is 0 Å². The van der Waals surface area contributed by atoms with Crippen LogP contribution in [0.4, 0.5) is 5.69 Å². The van der Waals surface area contributed by atoms with E-state index in [2.05, 4.69) is 17.4 Å². The number of thioether (sulfide) groups is 1. The minimum absolute atomic E-state index is 0.138. The van der Waals surface area contributed by atoms with Gasteiger partial charge in [0.2, 0.25) is 5.91 Å². The minimum Gasteiger partial charge on any atom is -0.325 e. The molecule has 1 aromatic carbocycles. The van der Waals surface area contributed by atoms with Gasteiger partial charge in [-0.2, -0.15) is 0 Å². The highest BCUT2D eigenvalue weighted by Gasteiger charge is 2.15. The van der Waals surface area contributed by atoms with Gasteiger partial charge in [-0.05, 0) is 50.5 Å². The van der Waals surface area contributed by atoms with E-state index in [0.29, 0.717) is 0 Å². The van der Waals surface area contributed by atoms with Crippen LogP contribution in [0.3, 0.4) is 0 Å². The molecule has 4 heteroatoms. The fraction of sp³-hybridized carbons (Fsp3) is 0.562. The summed E-state index contributed by atoms with van der Waals surface area (Å²) in [5, 5.41) is 3.62. The molecule has 1 amide bonds. The fourth-order valence-electron chi connectivity index (χ4n) is 2.47. The maximum Gasteiger partial charge on any atom is 0.241 e. The molecule has 3 nitrogen and oxygen atoms in total.